The molecule has 1 saturated carbocycles. The predicted molar refractivity (Wildman–Crippen MR) is 131 cm³/mol. The average molecular weight is 447 g/mol. The third kappa shape index (κ3) is 5.73. The molecule has 6 nitrogen and oxygen atoms in total. The molecule has 4 rings (SSSR count). The number of methoxy groups -OCH3 is 1. The maximum atomic E-state index is 12.8. The fraction of sp³-hybridized carbons (Fsp3) is 0.481. The number of ether oxygens (including phenoxy) is 1. The molecule has 0 radical (unpaired) electrons. The van der Waals surface area contributed by atoms with Gasteiger partial charge < -0.3 is 15.0 Å². The van der Waals surface area contributed by atoms with Crippen LogP contribution in [0.1, 0.15) is 35.2 Å². The van der Waals surface area contributed by atoms with E-state index in [1.165, 1.54) is 12.8 Å². The third-order valence-electron chi connectivity index (χ3n) is 7.17. The first-order valence-corrected chi connectivity index (χ1v) is 11.9. The molecule has 2 bridgehead atoms. The van der Waals surface area contributed by atoms with Gasteiger partial charge in [-0.15, -0.1) is 0 Å². The minimum Gasteiger partial charge on any atom is -0.497 e. The summed E-state index contributed by atoms with van der Waals surface area (Å²) in [6.45, 7) is 4.74. The molecule has 2 fully saturated rings. The summed E-state index contributed by atoms with van der Waals surface area (Å²) in [5.41, 5.74) is 2.51. The lowest BCUT2D eigenvalue weighted by atomic mass is 9.90. The van der Waals surface area contributed by atoms with Crippen LogP contribution in [0.25, 0.3) is 0 Å². The van der Waals surface area contributed by atoms with Gasteiger partial charge in [-0.2, -0.15) is 5.26 Å². The number of hydrogen-bond acceptors (Lipinski definition) is 6. The van der Waals surface area contributed by atoms with Crippen molar-refractivity contribution < 1.29 is 9.53 Å². The van der Waals surface area contributed by atoms with Crippen molar-refractivity contribution in [2.75, 3.05) is 52.2 Å². The molecular formula is C27H34N4O2. The molecule has 2 aromatic carbocycles. The van der Waals surface area contributed by atoms with Crippen molar-refractivity contribution in [1.29, 1.82) is 5.26 Å². The van der Waals surface area contributed by atoms with Gasteiger partial charge in [-0.25, -0.2) is 0 Å². The van der Waals surface area contributed by atoms with E-state index >= 15 is 0 Å². The molecule has 0 spiro atoms. The van der Waals surface area contributed by atoms with Crippen LogP contribution >= 0.6 is 0 Å². The largest absolute Gasteiger partial charge is 0.497 e. The average Bonchev–Trinajstić information content (AvgIpc) is 3.12. The lowest BCUT2D eigenvalue weighted by Gasteiger charge is -2.42. The van der Waals surface area contributed by atoms with Gasteiger partial charge in [0.25, 0.3) is 0 Å². The van der Waals surface area contributed by atoms with E-state index in [-0.39, 0.29) is 5.78 Å². The number of piperidine rings is 1. The number of nitriles is 1. The van der Waals surface area contributed by atoms with Crippen LogP contribution < -0.4 is 10.1 Å². The van der Waals surface area contributed by atoms with E-state index in [1.54, 1.807) is 7.11 Å². The Hall–Kier alpha value is -2.88. The first kappa shape index (κ1) is 23.3. The van der Waals surface area contributed by atoms with E-state index < -0.39 is 0 Å². The van der Waals surface area contributed by atoms with E-state index in [9.17, 15) is 4.79 Å². The number of nitrogens with one attached hydrogen (secondary N) is 1. The molecule has 1 heterocycles. The number of fused-ring (bicyclic) bond motifs is 2. The third-order valence-corrected chi connectivity index (χ3v) is 7.17. The Morgan fingerprint density at radius 1 is 1.12 bits per heavy atom. The van der Waals surface area contributed by atoms with Gasteiger partial charge in [-0.1, -0.05) is 0 Å². The zero-order valence-corrected chi connectivity index (χ0v) is 19.7. The van der Waals surface area contributed by atoms with Crippen LogP contribution in [0, 0.1) is 23.2 Å². The van der Waals surface area contributed by atoms with E-state index in [0.29, 0.717) is 30.0 Å². The Morgan fingerprint density at radius 3 is 2.39 bits per heavy atom. The second-order valence-corrected chi connectivity index (χ2v) is 9.38. The van der Waals surface area contributed by atoms with Gasteiger partial charge in [-0.05, 0) is 93.2 Å². The van der Waals surface area contributed by atoms with Crippen molar-refractivity contribution >= 4 is 11.5 Å². The van der Waals surface area contributed by atoms with Crippen molar-refractivity contribution in [3.63, 3.8) is 0 Å². The Morgan fingerprint density at radius 2 is 1.79 bits per heavy atom. The number of hydrogen-bond donors (Lipinski definition) is 1. The molecule has 2 aromatic rings. The van der Waals surface area contributed by atoms with Crippen LogP contribution in [0.4, 0.5) is 5.69 Å². The Labute approximate surface area is 197 Å². The topological polar surface area (TPSA) is 68.6 Å². The molecule has 2 aliphatic rings. The van der Waals surface area contributed by atoms with Crippen molar-refractivity contribution in [3.8, 4) is 11.8 Å². The van der Waals surface area contributed by atoms with E-state index in [4.69, 9.17) is 10.00 Å². The lowest BCUT2D eigenvalue weighted by molar-refractivity contribution is 0.0567. The molecule has 0 aromatic heterocycles. The number of likely N-dealkylation sites (N-methyl/N-ethyl adjacent to an activating group) is 1. The van der Waals surface area contributed by atoms with Crippen molar-refractivity contribution in [1.82, 2.24) is 9.80 Å². The summed E-state index contributed by atoms with van der Waals surface area (Å²) in [6, 6.07) is 17.7. The SMILES string of the molecule is COc1ccc(C(=O)CN(C)C2C3CCC2CN(CCCNc2ccc(C#N)cc2)C3)cc1. The number of carbonyl (C=O) groups is 1. The highest BCUT2D eigenvalue weighted by molar-refractivity contribution is 5.97. The molecule has 1 aliphatic carbocycles. The quantitative estimate of drug-likeness (QED) is 0.441. The smallest absolute Gasteiger partial charge is 0.176 e. The molecule has 6 heteroatoms. The summed E-state index contributed by atoms with van der Waals surface area (Å²) in [5.74, 6) is 2.24. The Bertz CT molecular complexity index is 953. The Kier molecular flexibility index (Phi) is 7.64. The second kappa shape index (κ2) is 10.8. The molecule has 1 N–H and O–H groups in total. The highest BCUT2D eigenvalue weighted by atomic mass is 16.5. The summed E-state index contributed by atoms with van der Waals surface area (Å²) in [5, 5.41) is 12.4. The first-order valence-electron chi connectivity index (χ1n) is 11.9. The van der Waals surface area contributed by atoms with E-state index in [1.807, 2.05) is 48.5 Å². The zero-order valence-electron chi connectivity index (χ0n) is 19.7. The van der Waals surface area contributed by atoms with Gasteiger partial charge in [0.2, 0.25) is 0 Å². The van der Waals surface area contributed by atoms with Gasteiger partial charge >= 0.3 is 0 Å². The van der Waals surface area contributed by atoms with Gasteiger partial charge in [0.05, 0.1) is 25.3 Å². The highest BCUT2D eigenvalue weighted by Gasteiger charge is 2.43. The number of Topliss-reactive ketones (excluding diaryl/α,β-unsaturated/α-hetero) is 1. The number of carbonyl (C=O) groups excluding carboxylic acids is 1. The summed E-state index contributed by atoms with van der Waals surface area (Å²) < 4.78 is 5.20. The van der Waals surface area contributed by atoms with Crippen LogP contribution in [0.3, 0.4) is 0 Å². The number of ketones is 1. The van der Waals surface area contributed by atoms with Crippen molar-refractivity contribution in [3.05, 3.63) is 59.7 Å². The molecule has 2 unspecified atom stereocenters. The predicted octanol–water partition coefficient (Wildman–Crippen LogP) is 3.89. The minimum absolute atomic E-state index is 0.177. The second-order valence-electron chi connectivity index (χ2n) is 9.38. The number of benzene rings is 2. The molecule has 1 saturated heterocycles. The van der Waals surface area contributed by atoms with Crippen LogP contribution in [-0.4, -0.2) is 68.5 Å². The van der Waals surface area contributed by atoms with Gasteiger partial charge in [0.1, 0.15) is 5.75 Å². The molecule has 174 valence electrons. The molecule has 33 heavy (non-hydrogen) atoms. The van der Waals surface area contributed by atoms with Gasteiger partial charge in [0.15, 0.2) is 5.78 Å². The summed E-state index contributed by atoms with van der Waals surface area (Å²) >= 11 is 0. The van der Waals surface area contributed by atoms with Crippen LogP contribution in [0.15, 0.2) is 48.5 Å². The van der Waals surface area contributed by atoms with Gasteiger partial charge in [0, 0.05) is 36.9 Å². The number of nitrogens with zero attached hydrogens (tertiary/aromatic N) is 3. The minimum atomic E-state index is 0.177. The standard InChI is InChI=1S/C27H34N4O2/c1-30(19-26(32)21-8-12-25(33-2)13-9-21)27-22-6-7-23(27)18-31(17-22)15-3-14-29-24-10-4-20(16-28)5-11-24/h4-5,8-13,22-23,27,29H,3,6-7,14-15,17-19H2,1-2H3. The fourth-order valence-corrected chi connectivity index (χ4v) is 5.59. The van der Waals surface area contributed by atoms with Crippen molar-refractivity contribution in [2.45, 2.75) is 25.3 Å². The molecule has 1 aliphatic heterocycles. The number of anilines is 1. The van der Waals surface area contributed by atoms with Crippen LogP contribution in [0.5, 0.6) is 5.75 Å². The molecule has 2 atom stereocenters. The summed E-state index contributed by atoms with van der Waals surface area (Å²) in [7, 11) is 3.76. The number of likely N-dealkylation sites (tertiary alicyclic amines) is 1. The lowest BCUT2D eigenvalue weighted by Crippen LogP contribution is -2.52. The number of rotatable bonds is 10. The summed E-state index contributed by atoms with van der Waals surface area (Å²) in [6.07, 6.45) is 3.61. The zero-order chi connectivity index (χ0) is 23.2. The van der Waals surface area contributed by atoms with Gasteiger partial charge in [-0.3, -0.25) is 9.69 Å². The van der Waals surface area contributed by atoms with Crippen LogP contribution in [-0.2, 0) is 0 Å². The van der Waals surface area contributed by atoms with E-state index in [2.05, 4.69) is 28.2 Å². The van der Waals surface area contributed by atoms with E-state index in [0.717, 1.165) is 49.6 Å². The highest BCUT2D eigenvalue weighted by Crippen LogP contribution is 2.39. The Balaban J connectivity index is 1.22. The van der Waals surface area contributed by atoms with Crippen molar-refractivity contribution in [2.24, 2.45) is 11.8 Å². The maximum Gasteiger partial charge on any atom is 0.176 e. The molecular weight excluding hydrogens is 412 g/mol. The van der Waals surface area contributed by atoms with Crippen LogP contribution in [0.2, 0.25) is 0 Å². The first-order chi connectivity index (χ1) is 16.1. The summed E-state index contributed by atoms with van der Waals surface area (Å²) in [4.78, 5) is 17.7. The monoisotopic (exact) mass is 446 g/mol. The fourth-order valence-electron chi connectivity index (χ4n) is 5.59. The maximum absolute atomic E-state index is 12.8. The molecule has 0 amide bonds. The normalized spacial score (nSPS) is 22.2.